The van der Waals surface area contributed by atoms with E-state index < -0.39 is 5.97 Å². The molecule has 1 fully saturated rings. The third-order valence-corrected chi connectivity index (χ3v) is 4.33. The molecule has 0 aromatic heterocycles. The maximum absolute atomic E-state index is 12.3. The minimum absolute atomic E-state index is 0.0528. The van der Waals surface area contributed by atoms with Crippen LogP contribution in [0.3, 0.4) is 0 Å². The minimum Gasteiger partial charge on any atom is -0.493 e. The van der Waals surface area contributed by atoms with Gasteiger partial charge in [-0.15, -0.1) is 0 Å². The van der Waals surface area contributed by atoms with Gasteiger partial charge in [0.2, 0.25) is 0 Å². The third kappa shape index (κ3) is 5.66. The van der Waals surface area contributed by atoms with E-state index in [1.807, 2.05) is 19.1 Å². The molecule has 0 aliphatic carbocycles. The van der Waals surface area contributed by atoms with E-state index in [2.05, 4.69) is 13.8 Å². The summed E-state index contributed by atoms with van der Waals surface area (Å²) in [5, 5.41) is 9.15. The Balaban J connectivity index is 1.84. The molecule has 0 radical (unpaired) electrons. The van der Waals surface area contributed by atoms with Crippen molar-refractivity contribution in [3.8, 4) is 11.5 Å². The van der Waals surface area contributed by atoms with Gasteiger partial charge in [-0.25, -0.2) is 0 Å². The standard InChI is InChI=1S/C19H27NO5/c1-13(2)11-24-15-5-4-6-16(9-15)25-12-18(21)20-8-7-17(19(22)23)14(3)10-20/h4-6,9,13-14,17H,7-8,10-12H2,1-3H3,(H,22,23). The molecule has 1 heterocycles. The van der Waals surface area contributed by atoms with E-state index >= 15 is 0 Å². The second-order valence-corrected chi connectivity index (χ2v) is 7.02. The van der Waals surface area contributed by atoms with E-state index in [0.717, 1.165) is 5.75 Å². The largest absolute Gasteiger partial charge is 0.493 e. The Hall–Kier alpha value is -2.24. The zero-order valence-corrected chi connectivity index (χ0v) is 15.1. The number of amides is 1. The van der Waals surface area contributed by atoms with Crippen molar-refractivity contribution in [1.29, 1.82) is 0 Å². The number of carbonyl (C=O) groups excluding carboxylic acids is 1. The van der Waals surface area contributed by atoms with E-state index in [9.17, 15) is 9.59 Å². The number of nitrogens with zero attached hydrogens (tertiary/aromatic N) is 1. The smallest absolute Gasteiger partial charge is 0.306 e. The number of likely N-dealkylation sites (tertiary alicyclic amines) is 1. The van der Waals surface area contributed by atoms with Crippen LogP contribution in [0.15, 0.2) is 24.3 Å². The zero-order chi connectivity index (χ0) is 18.4. The number of rotatable bonds is 7. The van der Waals surface area contributed by atoms with Crippen LogP contribution in [-0.4, -0.2) is 48.2 Å². The summed E-state index contributed by atoms with van der Waals surface area (Å²) in [6, 6.07) is 7.25. The summed E-state index contributed by atoms with van der Waals surface area (Å²) < 4.78 is 11.2. The number of carbonyl (C=O) groups is 2. The van der Waals surface area contributed by atoms with Gasteiger partial charge >= 0.3 is 5.97 Å². The molecule has 2 atom stereocenters. The zero-order valence-electron chi connectivity index (χ0n) is 15.1. The summed E-state index contributed by atoms with van der Waals surface area (Å²) in [5.74, 6) is 0.403. The van der Waals surface area contributed by atoms with Crippen LogP contribution >= 0.6 is 0 Å². The topological polar surface area (TPSA) is 76.1 Å². The first-order valence-corrected chi connectivity index (χ1v) is 8.73. The highest BCUT2D eigenvalue weighted by atomic mass is 16.5. The molecular formula is C19H27NO5. The van der Waals surface area contributed by atoms with Crippen LogP contribution in [0.2, 0.25) is 0 Å². The SMILES string of the molecule is CC(C)COc1cccc(OCC(=O)N2CCC(C(=O)O)C(C)C2)c1. The van der Waals surface area contributed by atoms with Crippen LogP contribution in [0.4, 0.5) is 0 Å². The Morgan fingerprint density at radius 3 is 2.56 bits per heavy atom. The molecule has 1 aromatic rings. The van der Waals surface area contributed by atoms with E-state index in [0.29, 0.717) is 37.8 Å². The Morgan fingerprint density at radius 1 is 1.28 bits per heavy atom. The lowest BCUT2D eigenvalue weighted by molar-refractivity contribution is -0.148. The van der Waals surface area contributed by atoms with Gasteiger partial charge in [-0.05, 0) is 30.4 Å². The number of carboxylic acid groups (broad SMARTS) is 1. The van der Waals surface area contributed by atoms with E-state index in [-0.39, 0.29) is 24.3 Å². The van der Waals surface area contributed by atoms with E-state index in [4.69, 9.17) is 14.6 Å². The predicted molar refractivity (Wildman–Crippen MR) is 93.8 cm³/mol. The van der Waals surface area contributed by atoms with Gasteiger partial charge < -0.3 is 19.5 Å². The Labute approximate surface area is 148 Å². The number of hydrogen-bond donors (Lipinski definition) is 1. The van der Waals surface area contributed by atoms with Crippen molar-refractivity contribution in [1.82, 2.24) is 4.90 Å². The number of aliphatic carboxylic acids is 1. The fourth-order valence-electron chi connectivity index (χ4n) is 2.89. The molecule has 0 spiro atoms. The molecule has 138 valence electrons. The molecule has 0 saturated carbocycles. The van der Waals surface area contributed by atoms with Crippen LogP contribution < -0.4 is 9.47 Å². The number of hydrogen-bond acceptors (Lipinski definition) is 4. The Bertz CT molecular complexity index is 601. The van der Waals surface area contributed by atoms with Gasteiger partial charge in [0.05, 0.1) is 12.5 Å². The normalized spacial score (nSPS) is 20.4. The molecule has 2 rings (SSSR count). The molecule has 1 aliphatic heterocycles. The predicted octanol–water partition coefficient (Wildman–Crippen LogP) is 2.67. The van der Waals surface area contributed by atoms with Gasteiger partial charge in [-0.2, -0.15) is 0 Å². The molecule has 25 heavy (non-hydrogen) atoms. The van der Waals surface area contributed by atoms with Gasteiger partial charge in [0.15, 0.2) is 6.61 Å². The fraction of sp³-hybridized carbons (Fsp3) is 0.579. The molecule has 1 aromatic carbocycles. The lowest BCUT2D eigenvalue weighted by Gasteiger charge is -2.34. The maximum atomic E-state index is 12.3. The van der Waals surface area contributed by atoms with Gasteiger partial charge in [0.25, 0.3) is 5.91 Å². The molecule has 2 unspecified atom stereocenters. The Morgan fingerprint density at radius 2 is 1.96 bits per heavy atom. The first-order valence-electron chi connectivity index (χ1n) is 8.73. The highest BCUT2D eigenvalue weighted by Crippen LogP contribution is 2.24. The maximum Gasteiger partial charge on any atom is 0.306 e. The number of carboxylic acids is 1. The minimum atomic E-state index is -0.783. The summed E-state index contributed by atoms with van der Waals surface area (Å²) >= 11 is 0. The summed E-state index contributed by atoms with van der Waals surface area (Å²) in [6.07, 6.45) is 0.487. The van der Waals surface area contributed by atoms with Crippen molar-refractivity contribution in [3.63, 3.8) is 0 Å². The quantitative estimate of drug-likeness (QED) is 0.819. The van der Waals surface area contributed by atoms with Crippen LogP contribution in [0.5, 0.6) is 11.5 Å². The second-order valence-electron chi connectivity index (χ2n) is 7.02. The molecule has 1 aliphatic rings. The van der Waals surface area contributed by atoms with Crippen molar-refractivity contribution < 1.29 is 24.2 Å². The van der Waals surface area contributed by atoms with Crippen LogP contribution in [0, 0.1) is 17.8 Å². The van der Waals surface area contributed by atoms with Crippen LogP contribution in [0.1, 0.15) is 27.2 Å². The molecule has 1 saturated heterocycles. The van der Waals surface area contributed by atoms with Crippen molar-refractivity contribution in [2.75, 3.05) is 26.3 Å². The van der Waals surface area contributed by atoms with Crippen LogP contribution in [-0.2, 0) is 9.59 Å². The summed E-state index contributed by atoms with van der Waals surface area (Å²) in [4.78, 5) is 25.1. The average molecular weight is 349 g/mol. The Kier molecular flexibility index (Phi) is 6.67. The highest BCUT2D eigenvalue weighted by molar-refractivity contribution is 5.78. The molecule has 1 N–H and O–H groups in total. The molecule has 6 heteroatoms. The fourth-order valence-corrected chi connectivity index (χ4v) is 2.89. The monoisotopic (exact) mass is 349 g/mol. The summed E-state index contributed by atoms with van der Waals surface area (Å²) in [7, 11) is 0. The van der Waals surface area contributed by atoms with Crippen molar-refractivity contribution in [3.05, 3.63) is 24.3 Å². The number of benzene rings is 1. The average Bonchev–Trinajstić information content (AvgIpc) is 2.57. The van der Waals surface area contributed by atoms with Crippen molar-refractivity contribution in [2.45, 2.75) is 27.2 Å². The van der Waals surface area contributed by atoms with Gasteiger partial charge in [-0.1, -0.05) is 26.8 Å². The van der Waals surface area contributed by atoms with Crippen molar-refractivity contribution >= 4 is 11.9 Å². The molecular weight excluding hydrogens is 322 g/mol. The number of ether oxygens (including phenoxy) is 2. The lowest BCUT2D eigenvalue weighted by Crippen LogP contribution is -2.46. The molecule has 6 nitrogen and oxygen atoms in total. The number of piperidine rings is 1. The van der Waals surface area contributed by atoms with Crippen LogP contribution in [0.25, 0.3) is 0 Å². The summed E-state index contributed by atoms with van der Waals surface area (Å²) in [5.41, 5.74) is 0. The van der Waals surface area contributed by atoms with E-state index in [1.165, 1.54) is 0 Å². The summed E-state index contributed by atoms with van der Waals surface area (Å²) in [6.45, 7) is 7.50. The van der Waals surface area contributed by atoms with Crippen molar-refractivity contribution in [2.24, 2.45) is 17.8 Å². The van der Waals surface area contributed by atoms with Gasteiger partial charge in [-0.3, -0.25) is 9.59 Å². The highest BCUT2D eigenvalue weighted by Gasteiger charge is 2.32. The van der Waals surface area contributed by atoms with Gasteiger partial charge in [0.1, 0.15) is 11.5 Å². The third-order valence-electron chi connectivity index (χ3n) is 4.33. The molecule has 0 bridgehead atoms. The molecule has 1 amide bonds. The lowest BCUT2D eigenvalue weighted by atomic mass is 9.87. The second kappa shape index (κ2) is 8.74. The first-order chi connectivity index (χ1) is 11.9. The first kappa shape index (κ1) is 19.1. The van der Waals surface area contributed by atoms with Gasteiger partial charge in [0, 0.05) is 19.2 Å². The van der Waals surface area contributed by atoms with E-state index in [1.54, 1.807) is 17.0 Å².